The van der Waals surface area contributed by atoms with Crippen LogP contribution in [0.2, 0.25) is 0 Å². The number of allylic oxidation sites excluding steroid dienone is 1. The van der Waals surface area contributed by atoms with E-state index in [1.807, 2.05) is 82.3 Å². The van der Waals surface area contributed by atoms with Crippen LogP contribution in [0.3, 0.4) is 0 Å². The summed E-state index contributed by atoms with van der Waals surface area (Å²) >= 11 is 0. The number of nitrogens with two attached hydrogens (primary N) is 1. The van der Waals surface area contributed by atoms with Gasteiger partial charge in [0.2, 0.25) is 0 Å². The van der Waals surface area contributed by atoms with E-state index in [0.717, 1.165) is 28.7 Å². The summed E-state index contributed by atoms with van der Waals surface area (Å²) in [5.41, 5.74) is 5.40. The second-order valence-electron chi connectivity index (χ2n) is 11.6. The number of benzene rings is 3. The monoisotopic (exact) mass is 650 g/mol. The van der Waals surface area contributed by atoms with Crippen LogP contribution in [0.5, 0.6) is 5.75 Å². The second kappa shape index (κ2) is 14.8. The summed E-state index contributed by atoms with van der Waals surface area (Å²) in [6.45, 7) is 9.52. The lowest BCUT2D eigenvalue weighted by Crippen LogP contribution is -2.44. The van der Waals surface area contributed by atoms with E-state index in [-0.39, 0.29) is 19.2 Å². The van der Waals surface area contributed by atoms with Gasteiger partial charge in [-0.25, -0.2) is 9.59 Å². The van der Waals surface area contributed by atoms with Crippen LogP contribution in [0.4, 0.5) is 0 Å². The van der Waals surface area contributed by atoms with Crippen molar-refractivity contribution in [1.82, 2.24) is 19.3 Å². The molecule has 12 nitrogen and oxygen atoms in total. The molecule has 3 N–H and O–H groups in total. The Balaban J connectivity index is 1.57. The SMILES string of the molecule is CC/C(C)=C/c1c(C)n(Cc2ccc(-c3ccccc3-c3noc(=O)[nH]3)cc2)c(=O)n(CC(=NOC(C)C)c2ccc(ON)cc2)c1=O. The van der Waals surface area contributed by atoms with Gasteiger partial charge in [0.15, 0.2) is 5.82 Å². The van der Waals surface area contributed by atoms with E-state index in [1.54, 1.807) is 35.8 Å². The summed E-state index contributed by atoms with van der Waals surface area (Å²) in [5.74, 6) is 5.45. The van der Waals surface area contributed by atoms with Crippen molar-refractivity contribution in [3.63, 3.8) is 0 Å². The molecule has 12 heteroatoms. The van der Waals surface area contributed by atoms with E-state index in [2.05, 4.69) is 15.3 Å². The number of nitrogens with one attached hydrogen (secondary N) is 1. The Labute approximate surface area is 276 Å². The second-order valence-corrected chi connectivity index (χ2v) is 11.6. The molecule has 3 aromatic carbocycles. The molecule has 0 saturated heterocycles. The minimum absolute atomic E-state index is 0.126. The van der Waals surface area contributed by atoms with Gasteiger partial charge in [-0.3, -0.25) is 23.4 Å². The molecular formula is C36H38N6O6. The molecule has 0 spiro atoms. The van der Waals surface area contributed by atoms with Crippen LogP contribution in [0, 0.1) is 6.92 Å². The molecule has 5 rings (SSSR count). The zero-order valence-corrected chi connectivity index (χ0v) is 27.5. The maximum atomic E-state index is 14.1. The van der Waals surface area contributed by atoms with E-state index in [4.69, 9.17) is 20.1 Å². The normalized spacial score (nSPS) is 12.1. The highest BCUT2D eigenvalue weighted by molar-refractivity contribution is 6.00. The molecule has 0 amide bonds. The number of H-pyrrole nitrogens is 1. The van der Waals surface area contributed by atoms with Crippen LogP contribution in [0.15, 0.2) is 102 Å². The maximum Gasteiger partial charge on any atom is 0.439 e. The van der Waals surface area contributed by atoms with Crippen molar-refractivity contribution < 1.29 is 14.2 Å². The first kappa shape index (κ1) is 33.6. The third kappa shape index (κ3) is 7.45. The third-order valence-corrected chi connectivity index (χ3v) is 7.91. The highest BCUT2D eigenvalue weighted by atomic mass is 16.6. The molecule has 0 fully saturated rings. The molecule has 5 aromatic rings. The van der Waals surface area contributed by atoms with Crippen LogP contribution in [0.1, 0.15) is 56.5 Å². The zero-order chi connectivity index (χ0) is 34.4. The van der Waals surface area contributed by atoms with Gasteiger partial charge in [0, 0.05) is 16.8 Å². The quantitative estimate of drug-likeness (QED) is 0.136. The number of aromatic amines is 1. The molecule has 2 aromatic heterocycles. The van der Waals surface area contributed by atoms with E-state index in [9.17, 15) is 14.4 Å². The molecule has 0 atom stereocenters. The molecule has 0 unspecified atom stereocenters. The van der Waals surface area contributed by atoms with Crippen molar-refractivity contribution in [2.75, 3.05) is 0 Å². The number of oxime groups is 1. The summed E-state index contributed by atoms with van der Waals surface area (Å²) in [6.07, 6.45) is 2.36. The molecule has 0 saturated carbocycles. The lowest BCUT2D eigenvalue weighted by molar-refractivity contribution is 0.0854. The van der Waals surface area contributed by atoms with Gasteiger partial charge in [-0.2, -0.15) is 5.90 Å². The Hall–Kier alpha value is -5.75. The van der Waals surface area contributed by atoms with Gasteiger partial charge >= 0.3 is 11.4 Å². The average Bonchev–Trinajstić information content (AvgIpc) is 3.54. The van der Waals surface area contributed by atoms with E-state index in [0.29, 0.717) is 39.7 Å². The molecule has 0 aliphatic carbocycles. The summed E-state index contributed by atoms with van der Waals surface area (Å²) < 4.78 is 7.51. The summed E-state index contributed by atoms with van der Waals surface area (Å²) in [5, 5.41) is 8.17. The van der Waals surface area contributed by atoms with Crippen LogP contribution in [-0.2, 0) is 17.9 Å². The maximum absolute atomic E-state index is 14.1. The summed E-state index contributed by atoms with van der Waals surface area (Å²) in [4.78, 5) is 52.7. The Bertz CT molecular complexity index is 2130. The molecule has 2 heterocycles. The largest absolute Gasteiger partial charge is 0.439 e. The molecule has 0 aliphatic heterocycles. The van der Waals surface area contributed by atoms with Crippen LogP contribution in [0.25, 0.3) is 28.6 Å². The van der Waals surface area contributed by atoms with Gasteiger partial charge in [0.1, 0.15) is 17.6 Å². The first-order valence-corrected chi connectivity index (χ1v) is 15.6. The number of nitrogens with zero attached hydrogens (tertiary/aromatic N) is 4. The molecule has 0 aliphatic rings. The van der Waals surface area contributed by atoms with Gasteiger partial charge in [-0.05, 0) is 81.1 Å². The molecule has 48 heavy (non-hydrogen) atoms. The molecule has 248 valence electrons. The van der Waals surface area contributed by atoms with Gasteiger partial charge < -0.3 is 9.68 Å². The highest BCUT2D eigenvalue weighted by Gasteiger charge is 2.19. The fourth-order valence-corrected chi connectivity index (χ4v) is 5.14. The highest BCUT2D eigenvalue weighted by Crippen LogP contribution is 2.30. The molecule has 0 radical (unpaired) electrons. The fraction of sp³-hybridized carbons (Fsp3) is 0.250. The minimum atomic E-state index is -0.634. The van der Waals surface area contributed by atoms with Gasteiger partial charge in [-0.1, -0.05) is 71.3 Å². The summed E-state index contributed by atoms with van der Waals surface area (Å²) in [6, 6.07) is 22.1. The number of rotatable bonds is 12. The molecular weight excluding hydrogens is 612 g/mol. The smallest absolute Gasteiger partial charge is 0.412 e. The standard InChI is InChI=1S/C36H38N6O6/c1-6-23(4)19-31-24(5)41(20-25-11-13-26(14-12-25)29-9-7-8-10-30(29)33-38-35(44)48-40-33)36(45)42(34(31)43)21-32(39-47-22(2)3)27-15-17-28(46-37)18-16-27/h7-19,22H,6,20-21,37H2,1-5H3,(H,38,40,44)/b23-19+,39-32?. The van der Waals surface area contributed by atoms with Crippen LogP contribution >= 0.6 is 0 Å². The van der Waals surface area contributed by atoms with Crippen LogP contribution in [-0.4, -0.2) is 31.1 Å². The van der Waals surface area contributed by atoms with Crippen molar-refractivity contribution in [1.29, 1.82) is 0 Å². The first-order chi connectivity index (χ1) is 23.1. The van der Waals surface area contributed by atoms with E-state index in [1.165, 1.54) is 4.57 Å². The van der Waals surface area contributed by atoms with Crippen LogP contribution < -0.4 is 27.7 Å². The van der Waals surface area contributed by atoms with Gasteiger partial charge in [0.05, 0.1) is 18.7 Å². The minimum Gasteiger partial charge on any atom is -0.412 e. The topological polar surface area (TPSA) is 160 Å². The molecule has 0 bridgehead atoms. The summed E-state index contributed by atoms with van der Waals surface area (Å²) in [7, 11) is 0. The third-order valence-electron chi connectivity index (χ3n) is 7.91. The number of hydrogen-bond donors (Lipinski definition) is 2. The van der Waals surface area contributed by atoms with Gasteiger partial charge in [-0.15, -0.1) is 0 Å². The Morgan fingerprint density at radius 1 is 1.00 bits per heavy atom. The number of hydrogen-bond acceptors (Lipinski definition) is 9. The van der Waals surface area contributed by atoms with Crippen molar-refractivity contribution in [2.45, 2.75) is 60.2 Å². The Morgan fingerprint density at radius 2 is 1.69 bits per heavy atom. The van der Waals surface area contributed by atoms with E-state index >= 15 is 0 Å². The Kier molecular flexibility index (Phi) is 10.3. The Morgan fingerprint density at radius 3 is 2.29 bits per heavy atom. The number of aromatic nitrogens is 4. The predicted molar refractivity (Wildman–Crippen MR) is 185 cm³/mol. The van der Waals surface area contributed by atoms with Crippen molar-refractivity contribution in [2.24, 2.45) is 11.1 Å². The van der Waals surface area contributed by atoms with Crippen molar-refractivity contribution in [3.05, 3.63) is 132 Å². The van der Waals surface area contributed by atoms with Gasteiger partial charge in [0.25, 0.3) is 5.56 Å². The van der Waals surface area contributed by atoms with Crippen molar-refractivity contribution >= 4 is 11.8 Å². The van der Waals surface area contributed by atoms with Crippen molar-refractivity contribution in [3.8, 4) is 28.3 Å². The lowest BCUT2D eigenvalue weighted by Gasteiger charge is -2.18. The predicted octanol–water partition coefficient (Wildman–Crippen LogP) is 5.27. The lowest BCUT2D eigenvalue weighted by atomic mass is 9.98. The fourth-order valence-electron chi connectivity index (χ4n) is 5.14. The van der Waals surface area contributed by atoms with E-state index < -0.39 is 17.0 Å². The average molecular weight is 651 g/mol. The zero-order valence-electron chi connectivity index (χ0n) is 27.5. The first-order valence-electron chi connectivity index (χ1n) is 15.6.